The SMILES string of the molecule is CC(C)CN(CC(CO)C(I)NC(=O)O[C@@H]1C[C@@H]2CCO[C@@H]2C1)S(=O)(=O)c1ccc(CO)cc1. The van der Waals surface area contributed by atoms with E-state index in [1.807, 2.05) is 36.4 Å². The molecule has 0 bridgehead atoms. The third-order valence-corrected chi connectivity index (χ3v) is 9.51. The van der Waals surface area contributed by atoms with E-state index in [9.17, 15) is 23.4 Å². The number of alkyl carbamates (subject to hydrolysis) is 1. The van der Waals surface area contributed by atoms with Gasteiger partial charge < -0.3 is 25.0 Å². The maximum atomic E-state index is 13.3. The molecule has 192 valence electrons. The number of ether oxygens (including phenoxy) is 2. The minimum Gasteiger partial charge on any atom is -0.446 e. The minimum absolute atomic E-state index is 0.0358. The highest BCUT2D eigenvalue weighted by Gasteiger charge is 2.40. The summed E-state index contributed by atoms with van der Waals surface area (Å²) < 4.78 is 38.7. The Hall–Kier alpha value is -0.990. The van der Waals surface area contributed by atoms with Crippen molar-refractivity contribution in [2.24, 2.45) is 17.8 Å². The summed E-state index contributed by atoms with van der Waals surface area (Å²) >= 11 is 2.01. The highest BCUT2D eigenvalue weighted by atomic mass is 127. The van der Waals surface area contributed by atoms with Gasteiger partial charge in [0.25, 0.3) is 0 Å². The quantitative estimate of drug-likeness (QED) is 0.200. The van der Waals surface area contributed by atoms with Crippen LogP contribution in [0.4, 0.5) is 4.79 Å². The predicted octanol–water partition coefficient (Wildman–Crippen LogP) is 2.49. The van der Waals surface area contributed by atoms with E-state index < -0.39 is 26.1 Å². The molecule has 0 radical (unpaired) electrons. The number of fused-ring (bicyclic) bond motifs is 1. The Kier molecular flexibility index (Phi) is 9.99. The zero-order valence-electron chi connectivity index (χ0n) is 19.6. The molecule has 1 saturated carbocycles. The summed E-state index contributed by atoms with van der Waals surface area (Å²) in [4.78, 5) is 12.6. The molecular formula is C23H35IN2O7S. The largest absolute Gasteiger partial charge is 0.446 e. The number of amides is 1. The van der Waals surface area contributed by atoms with Crippen LogP contribution in [0.5, 0.6) is 0 Å². The molecule has 5 atom stereocenters. The average molecular weight is 611 g/mol. The number of halogens is 1. The lowest BCUT2D eigenvalue weighted by atomic mass is 10.1. The number of hydrogen-bond acceptors (Lipinski definition) is 7. The molecule has 0 spiro atoms. The van der Waals surface area contributed by atoms with Crippen LogP contribution >= 0.6 is 22.6 Å². The van der Waals surface area contributed by atoms with Crippen LogP contribution in [0.2, 0.25) is 0 Å². The molecule has 3 N–H and O–H groups in total. The van der Waals surface area contributed by atoms with Gasteiger partial charge >= 0.3 is 6.09 Å². The number of carbonyl (C=O) groups excluding carboxylic acids is 1. The number of nitrogens with one attached hydrogen (secondary N) is 1. The van der Waals surface area contributed by atoms with Crippen LogP contribution in [-0.4, -0.2) is 71.6 Å². The molecule has 2 fully saturated rings. The smallest absolute Gasteiger partial charge is 0.408 e. The number of nitrogens with zero attached hydrogens (tertiary/aromatic N) is 1. The molecule has 34 heavy (non-hydrogen) atoms. The molecule has 3 rings (SSSR count). The lowest BCUT2D eigenvalue weighted by molar-refractivity contribution is 0.0643. The van der Waals surface area contributed by atoms with E-state index in [-0.39, 0.29) is 49.3 Å². The number of aliphatic hydroxyl groups excluding tert-OH is 2. The molecular weight excluding hydrogens is 575 g/mol. The number of hydrogen-bond donors (Lipinski definition) is 3. The Morgan fingerprint density at radius 1 is 1.24 bits per heavy atom. The van der Waals surface area contributed by atoms with Gasteiger partial charge in [-0.2, -0.15) is 4.31 Å². The maximum Gasteiger partial charge on any atom is 0.408 e. The second-order valence-corrected chi connectivity index (χ2v) is 12.7. The van der Waals surface area contributed by atoms with Crippen LogP contribution < -0.4 is 5.32 Å². The molecule has 2 aliphatic rings. The van der Waals surface area contributed by atoms with Crippen molar-refractivity contribution in [2.75, 3.05) is 26.3 Å². The summed E-state index contributed by atoms with van der Waals surface area (Å²) in [6.07, 6.45) is 1.90. The van der Waals surface area contributed by atoms with Gasteiger partial charge in [0.1, 0.15) is 6.10 Å². The fourth-order valence-corrected chi connectivity index (χ4v) is 6.90. The molecule has 1 heterocycles. The monoisotopic (exact) mass is 610 g/mol. The Balaban J connectivity index is 1.63. The first kappa shape index (κ1) is 27.6. The normalized spacial score (nSPS) is 24.3. The van der Waals surface area contributed by atoms with Gasteiger partial charge in [0.15, 0.2) is 0 Å². The molecule has 9 nitrogen and oxygen atoms in total. The topological polar surface area (TPSA) is 125 Å². The highest BCUT2D eigenvalue weighted by Crippen LogP contribution is 2.37. The molecule has 0 aromatic heterocycles. The Labute approximate surface area is 215 Å². The van der Waals surface area contributed by atoms with Gasteiger partial charge in [-0.05, 0) is 42.4 Å². The van der Waals surface area contributed by atoms with E-state index in [1.165, 1.54) is 16.4 Å². The number of alkyl halides is 1. The van der Waals surface area contributed by atoms with Crippen LogP contribution in [0.25, 0.3) is 0 Å². The van der Waals surface area contributed by atoms with E-state index in [4.69, 9.17) is 9.47 Å². The molecule has 2 unspecified atom stereocenters. The first-order valence-corrected chi connectivity index (χ1v) is 14.4. The summed E-state index contributed by atoms with van der Waals surface area (Å²) in [6.45, 7) is 4.43. The van der Waals surface area contributed by atoms with Crippen LogP contribution in [-0.2, 0) is 26.1 Å². The Bertz CT molecular complexity index is 900. The van der Waals surface area contributed by atoms with Crippen molar-refractivity contribution < 1.29 is 32.9 Å². The van der Waals surface area contributed by atoms with Gasteiger partial charge in [0.2, 0.25) is 10.0 Å². The number of benzene rings is 1. The second kappa shape index (κ2) is 12.3. The molecule has 1 aromatic rings. The maximum absolute atomic E-state index is 13.3. The molecule has 11 heteroatoms. The second-order valence-electron chi connectivity index (χ2n) is 9.46. The highest BCUT2D eigenvalue weighted by molar-refractivity contribution is 14.1. The number of sulfonamides is 1. The van der Waals surface area contributed by atoms with Crippen molar-refractivity contribution in [1.29, 1.82) is 0 Å². The van der Waals surface area contributed by atoms with Crippen LogP contribution in [0.15, 0.2) is 29.2 Å². The number of rotatable bonds is 11. The molecule has 1 aliphatic heterocycles. The summed E-state index contributed by atoms with van der Waals surface area (Å²) in [6, 6.07) is 6.09. The van der Waals surface area contributed by atoms with Gasteiger partial charge in [-0.3, -0.25) is 0 Å². The molecule has 1 amide bonds. The Morgan fingerprint density at radius 3 is 2.53 bits per heavy atom. The molecule has 1 saturated heterocycles. The lowest BCUT2D eigenvalue weighted by Crippen LogP contribution is -2.46. The van der Waals surface area contributed by atoms with E-state index in [1.54, 1.807) is 12.1 Å². The summed E-state index contributed by atoms with van der Waals surface area (Å²) in [5, 5.41) is 22.0. The third kappa shape index (κ3) is 7.03. The zero-order chi connectivity index (χ0) is 24.9. The summed E-state index contributed by atoms with van der Waals surface area (Å²) in [5.41, 5.74) is 0.620. The van der Waals surface area contributed by atoms with Gasteiger partial charge in [0, 0.05) is 38.6 Å². The molecule has 1 aliphatic carbocycles. The predicted molar refractivity (Wildman–Crippen MR) is 135 cm³/mol. The fourth-order valence-electron chi connectivity index (χ4n) is 4.53. The Morgan fingerprint density at radius 2 is 1.94 bits per heavy atom. The first-order valence-electron chi connectivity index (χ1n) is 11.7. The first-order chi connectivity index (χ1) is 16.1. The van der Waals surface area contributed by atoms with Gasteiger partial charge in [-0.25, -0.2) is 13.2 Å². The van der Waals surface area contributed by atoms with Crippen molar-refractivity contribution in [3.05, 3.63) is 29.8 Å². The minimum atomic E-state index is -3.84. The van der Waals surface area contributed by atoms with Crippen LogP contribution in [0.1, 0.15) is 38.7 Å². The summed E-state index contributed by atoms with van der Waals surface area (Å²) in [5.74, 6) is -0.0373. The molecule has 1 aromatic carbocycles. The van der Waals surface area contributed by atoms with E-state index in [2.05, 4.69) is 5.32 Å². The van der Waals surface area contributed by atoms with Crippen LogP contribution in [0, 0.1) is 17.8 Å². The standard InChI is InChI=1S/C23H35IN2O7S/c1-15(2)11-26(34(30,31)20-5-3-16(13-27)4-6-20)12-18(14-28)22(24)25-23(29)33-19-9-17-7-8-32-21(17)10-19/h3-6,15,17-19,21-22,27-28H,7-14H2,1-2H3,(H,25,29)/t17-,18?,19+,21+,22?/m0/s1. The summed E-state index contributed by atoms with van der Waals surface area (Å²) in [7, 11) is -3.84. The van der Waals surface area contributed by atoms with Crippen LogP contribution in [0.3, 0.4) is 0 Å². The number of carbonyl (C=O) groups is 1. The fraction of sp³-hybridized carbons (Fsp3) is 0.696. The van der Waals surface area contributed by atoms with Crippen molar-refractivity contribution in [1.82, 2.24) is 9.62 Å². The van der Waals surface area contributed by atoms with E-state index in [0.29, 0.717) is 17.9 Å². The van der Waals surface area contributed by atoms with Crippen molar-refractivity contribution in [3.8, 4) is 0 Å². The number of aliphatic hydroxyl groups is 2. The average Bonchev–Trinajstić information content (AvgIpc) is 3.37. The van der Waals surface area contributed by atoms with Crippen molar-refractivity contribution in [3.63, 3.8) is 0 Å². The van der Waals surface area contributed by atoms with E-state index in [0.717, 1.165) is 19.4 Å². The third-order valence-electron chi connectivity index (χ3n) is 6.34. The van der Waals surface area contributed by atoms with E-state index >= 15 is 0 Å². The lowest BCUT2D eigenvalue weighted by Gasteiger charge is -2.30. The zero-order valence-corrected chi connectivity index (χ0v) is 22.6. The van der Waals surface area contributed by atoms with Gasteiger partial charge in [-0.15, -0.1) is 0 Å². The van der Waals surface area contributed by atoms with Crippen molar-refractivity contribution >= 4 is 38.7 Å². The van der Waals surface area contributed by atoms with Gasteiger partial charge in [0.05, 0.1) is 21.7 Å². The van der Waals surface area contributed by atoms with Gasteiger partial charge in [-0.1, -0.05) is 48.6 Å². The van der Waals surface area contributed by atoms with Crippen molar-refractivity contribution in [2.45, 2.75) is 60.9 Å².